The predicted octanol–water partition coefficient (Wildman–Crippen LogP) is 9.63. The Morgan fingerprint density at radius 2 is 1.16 bits per heavy atom. The molecule has 0 saturated carbocycles. The molecule has 50 heavy (non-hydrogen) atoms. The SMILES string of the molecule is CC/C=C/C/C=C/C/C=C/C/C=C/C/C=C/CCC(=O)OCC(COCCC(C(=O)O)[N+](C)(C)C)OC(=O)CCCCCC/C=C/CCCC. The van der Waals surface area contributed by atoms with Crippen molar-refractivity contribution in [2.75, 3.05) is 41.0 Å². The molecule has 0 aliphatic carbocycles. The first-order chi connectivity index (χ1) is 24.1. The summed E-state index contributed by atoms with van der Waals surface area (Å²) in [7, 11) is 5.48. The number of quaternary nitrogens is 1. The summed E-state index contributed by atoms with van der Waals surface area (Å²) < 4.78 is 17.1. The number of hydrogen-bond donors (Lipinski definition) is 1. The van der Waals surface area contributed by atoms with Gasteiger partial charge < -0.3 is 23.8 Å². The lowest BCUT2D eigenvalue weighted by Crippen LogP contribution is -2.50. The number of allylic oxidation sites excluding steroid dienone is 12. The van der Waals surface area contributed by atoms with Gasteiger partial charge in [-0.3, -0.25) is 9.59 Å². The van der Waals surface area contributed by atoms with Crippen LogP contribution in [0.15, 0.2) is 72.9 Å². The van der Waals surface area contributed by atoms with Crippen LogP contribution in [0.3, 0.4) is 0 Å². The zero-order valence-corrected chi connectivity index (χ0v) is 32.1. The van der Waals surface area contributed by atoms with Crippen molar-refractivity contribution in [2.24, 2.45) is 0 Å². The molecule has 0 amide bonds. The number of esters is 2. The van der Waals surface area contributed by atoms with E-state index in [0.717, 1.165) is 70.6 Å². The fraction of sp³-hybridized carbons (Fsp3) is 0.643. The van der Waals surface area contributed by atoms with Crippen molar-refractivity contribution < 1.29 is 38.2 Å². The molecule has 2 atom stereocenters. The summed E-state index contributed by atoms with van der Waals surface area (Å²) in [5.74, 6) is -1.60. The standard InChI is InChI=1S/C42H69NO7/c1-6-8-10-12-14-16-18-19-20-21-22-23-25-26-28-30-32-40(44)49-37-38(36-48-35-34-39(42(46)47)43(3,4)5)50-41(45)33-31-29-27-24-17-15-13-11-9-7-2/h8,10,13-16,19-20,22-23,26,28,38-39H,6-7,9,11-12,17-18,21,24-25,27,29-37H2,1-5H3/p+1/b10-8+,15-13+,16-14+,20-19+,23-22+,28-26+. The van der Waals surface area contributed by atoms with E-state index in [1.54, 1.807) is 0 Å². The fourth-order valence-corrected chi connectivity index (χ4v) is 4.88. The van der Waals surface area contributed by atoms with Crippen molar-refractivity contribution >= 4 is 17.9 Å². The Morgan fingerprint density at radius 3 is 1.72 bits per heavy atom. The Morgan fingerprint density at radius 1 is 0.620 bits per heavy atom. The maximum absolute atomic E-state index is 12.6. The van der Waals surface area contributed by atoms with Crippen LogP contribution in [-0.2, 0) is 28.6 Å². The lowest BCUT2D eigenvalue weighted by molar-refractivity contribution is -0.887. The predicted molar refractivity (Wildman–Crippen MR) is 206 cm³/mol. The second-order valence-corrected chi connectivity index (χ2v) is 13.4. The summed E-state index contributed by atoms with van der Waals surface area (Å²) >= 11 is 0. The second kappa shape index (κ2) is 32.9. The first-order valence-corrected chi connectivity index (χ1v) is 19.0. The average Bonchev–Trinajstić information content (AvgIpc) is 3.06. The molecule has 0 bridgehead atoms. The molecule has 2 unspecified atom stereocenters. The highest BCUT2D eigenvalue weighted by Crippen LogP contribution is 2.11. The van der Waals surface area contributed by atoms with Gasteiger partial charge in [0.25, 0.3) is 0 Å². The van der Waals surface area contributed by atoms with Gasteiger partial charge in [-0.15, -0.1) is 0 Å². The molecular weight excluding hydrogens is 630 g/mol. The molecule has 8 nitrogen and oxygen atoms in total. The van der Waals surface area contributed by atoms with E-state index in [4.69, 9.17) is 14.2 Å². The number of carbonyl (C=O) groups is 3. The summed E-state index contributed by atoms with van der Waals surface area (Å²) in [4.78, 5) is 36.7. The molecule has 0 saturated heterocycles. The Hall–Kier alpha value is -3.23. The van der Waals surface area contributed by atoms with Crippen molar-refractivity contribution in [2.45, 2.75) is 135 Å². The maximum Gasteiger partial charge on any atom is 0.362 e. The number of carboxylic acids is 1. The van der Waals surface area contributed by atoms with Crippen molar-refractivity contribution in [1.82, 2.24) is 0 Å². The van der Waals surface area contributed by atoms with Crippen LogP contribution in [-0.4, -0.2) is 80.6 Å². The third-order valence-electron chi connectivity index (χ3n) is 7.85. The highest BCUT2D eigenvalue weighted by molar-refractivity contribution is 5.72. The first-order valence-electron chi connectivity index (χ1n) is 19.0. The van der Waals surface area contributed by atoms with Crippen LogP contribution in [0.4, 0.5) is 0 Å². The van der Waals surface area contributed by atoms with E-state index in [-0.39, 0.29) is 42.7 Å². The van der Waals surface area contributed by atoms with E-state index in [1.165, 1.54) is 12.8 Å². The molecular formula is C42H70NO7+. The molecule has 0 aromatic rings. The Balaban J connectivity index is 4.56. The fourth-order valence-electron chi connectivity index (χ4n) is 4.88. The van der Waals surface area contributed by atoms with Crippen LogP contribution in [0.1, 0.15) is 123 Å². The van der Waals surface area contributed by atoms with Crippen LogP contribution in [0, 0.1) is 0 Å². The molecule has 1 N–H and O–H groups in total. The number of unbranched alkanes of at least 4 members (excludes halogenated alkanes) is 6. The molecule has 0 spiro atoms. The summed E-state index contributed by atoms with van der Waals surface area (Å²) in [5.41, 5.74) is 0. The molecule has 0 heterocycles. The number of hydrogen-bond acceptors (Lipinski definition) is 6. The summed E-state index contributed by atoms with van der Waals surface area (Å²) in [5, 5.41) is 9.57. The molecule has 0 fully saturated rings. The number of aliphatic carboxylic acids is 1. The number of ether oxygens (including phenoxy) is 3. The number of carboxylic acid groups (broad SMARTS) is 1. The third kappa shape index (κ3) is 30.8. The van der Waals surface area contributed by atoms with Crippen LogP contribution < -0.4 is 0 Å². The normalized spacial score (nSPS) is 13.9. The van der Waals surface area contributed by atoms with Crippen molar-refractivity contribution in [3.8, 4) is 0 Å². The first kappa shape index (κ1) is 46.8. The van der Waals surface area contributed by atoms with Gasteiger partial charge >= 0.3 is 17.9 Å². The number of nitrogens with zero attached hydrogens (tertiary/aromatic N) is 1. The zero-order chi connectivity index (χ0) is 37.1. The maximum atomic E-state index is 12.6. The molecule has 0 aliphatic rings. The lowest BCUT2D eigenvalue weighted by atomic mass is 10.1. The van der Waals surface area contributed by atoms with E-state index in [1.807, 2.05) is 33.3 Å². The Bertz CT molecular complexity index is 1050. The van der Waals surface area contributed by atoms with Crippen LogP contribution in [0.25, 0.3) is 0 Å². The molecule has 284 valence electrons. The quantitative estimate of drug-likeness (QED) is 0.0323. The van der Waals surface area contributed by atoms with Gasteiger partial charge in [-0.1, -0.05) is 112 Å². The number of likely N-dealkylation sites (N-methyl/N-ethyl adjacent to an activating group) is 1. The van der Waals surface area contributed by atoms with Gasteiger partial charge in [-0.25, -0.2) is 4.79 Å². The highest BCUT2D eigenvalue weighted by Gasteiger charge is 2.31. The molecule has 0 rings (SSSR count). The van der Waals surface area contributed by atoms with E-state index in [2.05, 4.69) is 74.6 Å². The minimum atomic E-state index is -0.891. The highest BCUT2D eigenvalue weighted by atomic mass is 16.6. The van der Waals surface area contributed by atoms with Crippen LogP contribution >= 0.6 is 0 Å². The van der Waals surface area contributed by atoms with Gasteiger partial charge in [-0.2, -0.15) is 0 Å². The van der Waals surface area contributed by atoms with Gasteiger partial charge in [0.2, 0.25) is 0 Å². The van der Waals surface area contributed by atoms with E-state index in [9.17, 15) is 19.5 Å². The number of carbonyl (C=O) groups excluding carboxylic acids is 2. The average molecular weight is 701 g/mol. The van der Waals surface area contributed by atoms with E-state index < -0.39 is 18.1 Å². The summed E-state index contributed by atoms with van der Waals surface area (Å²) in [6.07, 6.45) is 39.6. The van der Waals surface area contributed by atoms with E-state index >= 15 is 0 Å². The zero-order valence-electron chi connectivity index (χ0n) is 32.1. The minimum Gasteiger partial charge on any atom is -0.477 e. The molecule has 0 aliphatic heterocycles. The van der Waals surface area contributed by atoms with Gasteiger partial charge in [0.15, 0.2) is 12.1 Å². The van der Waals surface area contributed by atoms with Crippen molar-refractivity contribution in [3.63, 3.8) is 0 Å². The van der Waals surface area contributed by atoms with Gasteiger partial charge in [-0.05, 0) is 64.2 Å². The number of rotatable bonds is 32. The lowest BCUT2D eigenvalue weighted by Gasteiger charge is -2.31. The van der Waals surface area contributed by atoms with Crippen molar-refractivity contribution in [1.29, 1.82) is 0 Å². The Labute approximate surface area is 304 Å². The molecule has 0 aromatic carbocycles. The summed E-state index contributed by atoms with van der Waals surface area (Å²) in [6.45, 7) is 4.45. The third-order valence-corrected chi connectivity index (χ3v) is 7.85. The Kier molecular flexibility index (Phi) is 30.8. The minimum absolute atomic E-state index is 0.0294. The van der Waals surface area contributed by atoms with Crippen molar-refractivity contribution in [3.05, 3.63) is 72.9 Å². The van der Waals surface area contributed by atoms with Crippen LogP contribution in [0.2, 0.25) is 0 Å². The second-order valence-electron chi connectivity index (χ2n) is 13.4. The molecule has 0 radical (unpaired) electrons. The molecule has 0 aromatic heterocycles. The topological polar surface area (TPSA) is 99.1 Å². The van der Waals surface area contributed by atoms with E-state index in [0.29, 0.717) is 19.3 Å². The van der Waals surface area contributed by atoms with Gasteiger partial charge in [0.1, 0.15) is 6.61 Å². The smallest absolute Gasteiger partial charge is 0.362 e. The van der Waals surface area contributed by atoms with Gasteiger partial charge in [0.05, 0.1) is 34.4 Å². The van der Waals surface area contributed by atoms with Crippen LogP contribution in [0.5, 0.6) is 0 Å². The summed E-state index contributed by atoms with van der Waals surface area (Å²) in [6, 6.07) is -0.628. The largest absolute Gasteiger partial charge is 0.477 e. The monoisotopic (exact) mass is 701 g/mol. The van der Waals surface area contributed by atoms with Gasteiger partial charge in [0, 0.05) is 19.3 Å². The molecule has 8 heteroatoms.